The summed E-state index contributed by atoms with van der Waals surface area (Å²) in [4.78, 5) is 4.76. The summed E-state index contributed by atoms with van der Waals surface area (Å²) < 4.78 is 60.7. The van der Waals surface area contributed by atoms with Crippen LogP contribution >= 0.6 is 0 Å². The minimum absolute atomic E-state index is 0.0936. The molecular formula is C22H25N3O5S2. The van der Waals surface area contributed by atoms with Gasteiger partial charge in [-0.2, -0.15) is 8.61 Å². The van der Waals surface area contributed by atoms with Crippen molar-refractivity contribution in [1.82, 2.24) is 13.6 Å². The molecule has 0 radical (unpaired) electrons. The minimum Gasteiger partial charge on any atom is -0.440 e. The van der Waals surface area contributed by atoms with Gasteiger partial charge in [-0.3, -0.25) is 0 Å². The molecule has 5 rings (SSSR count). The second-order valence-electron chi connectivity index (χ2n) is 8.30. The van der Waals surface area contributed by atoms with Gasteiger partial charge in [0, 0.05) is 32.1 Å². The van der Waals surface area contributed by atoms with Crippen LogP contribution in [0.3, 0.4) is 0 Å². The van der Waals surface area contributed by atoms with Crippen LogP contribution in [0.15, 0.2) is 62.7 Å². The third kappa shape index (κ3) is 3.85. The number of hydrogen-bond donors (Lipinski definition) is 0. The van der Waals surface area contributed by atoms with Gasteiger partial charge in [-0.25, -0.2) is 21.8 Å². The Balaban J connectivity index is 1.36. The molecule has 0 aliphatic carbocycles. The Morgan fingerprint density at radius 2 is 1.38 bits per heavy atom. The van der Waals surface area contributed by atoms with Crippen LogP contribution in [0.25, 0.3) is 11.1 Å². The number of benzene rings is 2. The fraction of sp³-hybridized carbons (Fsp3) is 0.409. The zero-order chi connectivity index (χ0) is 22.3. The van der Waals surface area contributed by atoms with Crippen LogP contribution in [-0.4, -0.2) is 56.6 Å². The number of fused-ring (bicyclic) bond motifs is 1. The molecule has 0 N–H and O–H groups in total. The summed E-state index contributed by atoms with van der Waals surface area (Å²) in [6.45, 7) is 1.70. The SMILES string of the molecule is O=S(=O)(c1ccc(S(=O)(=O)N2CCCC(c3nc4ccccc4o3)C2)cc1)N1CCCC1. The first-order valence-electron chi connectivity index (χ1n) is 10.8. The molecule has 0 bridgehead atoms. The van der Waals surface area contributed by atoms with Crippen molar-refractivity contribution in [3.63, 3.8) is 0 Å². The van der Waals surface area contributed by atoms with E-state index >= 15 is 0 Å². The first kappa shape index (κ1) is 21.6. The highest BCUT2D eigenvalue weighted by Gasteiger charge is 2.34. The molecular weight excluding hydrogens is 450 g/mol. The van der Waals surface area contributed by atoms with E-state index in [0.717, 1.165) is 24.8 Å². The highest BCUT2D eigenvalue weighted by atomic mass is 32.2. The monoisotopic (exact) mass is 475 g/mol. The Kier molecular flexibility index (Phi) is 5.56. The van der Waals surface area contributed by atoms with Crippen molar-refractivity contribution in [2.75, 3.05) is 26.2 Å². The molecule has 32 heavy (non-hydrogen) atoms. The van der Waals surface area contributed by atoms with Crippen molar-refractivity contribution in [3.8, 4) is 0 Å². The van der Waals surface area contributed by atoms with Crippen molar-refractivity contribution in [2.45, 2.75) is 41.4 Å². The van der Waals surface area contributed by atoms with Crippen LogP contribution in [0.1, 0.15) is 37.5 Å². The molecule has 0 amide bonds. The Morgan fingerprint density at radius 3 is 2.03 bits per heavy atom. The molecule has 10 heteroatoms. The van der Waals surface area contributed by atoms with Crippen LogP contribution in [0, 0.1) is 0 Å². The van der Waals surface area contributed by atoms with Crippen molar-refractivity contribution >= 4 is 31.1 Å². The third-order valence-corrected chi connectivity index (χ3v) is 10.0. The maximum atomic E-state index is 13.3. The zero-order valence-corrected chi connectivity index (χ0v) is 19.2. The molecule has 3 heterocycles. The van der Waals surface area contributed by atoms with Crippen LogP contribution in [0.4, 0.5) is 0 Å². The van der Waals surface area contributed by atoms with E-state index in [9.17, 15) is 16.8 Å². The number of sulfonamides is 2. The molecule has 2 aromatic carbocycles. The Bertz CT molecular complexity index is 1290. The van der Waals surface area contributed by atoms with Crippen molar-refractivity contribution in [3.05, 3.63) is 54.4 Å². The first-order valence-corrected chi connectivity index (χ1v) is 13.7. The smallest absolute Gasteiger partial charge is 0.243 e. The van der Waals surface area contributed by atoms with Gasteiger partial charge in [0.25, 0.3) is 0 Å². The zero-order valence-electron chi connectivity index (χ0n) is 17.6. The number of piperidine rings is 1. The number of nitrogens with zero attached hydrogens (tertiary/aromatic N) is 3. The quantitative estimate of drug-likeness (QED) is 0.562. The van der Waals surface area contributed by atoms with Crippen molar-refractivity contribution in [1.29, 1.82) is 0 Å². The van der Waals surface area contributed by atoms with Gasteiger partial charge in [0.15, 0.2) is 11.5 Å². The summed E-state index contributed by atoms with van der Waals surface area (Å²) in [5.74, 6) is 0.430. The largest absolute Gasteiger partial charge is 0.440 e. The lowest BCUT2D eigenvalue weighted by Crippen LogP contribution is -2.39. The van der Waals surface area contributed by atoms with Gasteiger partial charge in [-0.15, -0.1) is 0 Å². The van der Waals surface area contributed by atoms with E-state index in [4.69, 9.17) is 4.42 Å². The normalized spacial score (nSPS) is 21.3. The van der Waals surface area contributed by atoms with E-state index in [-0.39, 0.29) is 22.3 Å². The molecule has 2 aliphatic rings. The van der Waals surface area contributed by atoms with Crippen LogP contribution in [-0.2, 0) is 20.0 Å². The Hall–Kier alpha value is -2.27. The average Bonchev–Trinajstić information content (AvgIpc) is 3.50. The van der Waals surface area contributed by atoms with Gasteiger partial charge in [-0.05, 0) is 62.1 Å². The van der Waals surface area contributed by atoms with Gasteiger partial charge >= 0.3 is 0 Å². The van der Waals surface area contributed by atoms with E-state index in [2.05, 4.69) is 4.98 Å². The summed E-state index contributed by atoms with van der Waals surface area (Å²) in [6, 6.07) is 13.1. The lowest BCUT2D eigenvalue weighted by Gasteiger charge is -2.30. The summed E-state index contributed by atoms with van der Waals surface area (Å²) in [5, 5.41) is 0. The lowest BCUT2D eigenvalue weighted by atomic mass is 10.00. The molecule has 1 aromatic heterocycles. The van der Waals surface area contributed by atoms with Gasteiger partial charge in [-0.1, -0.05) is 12.1 Å². The molecule has 1 unspecified atom stereocenters. The van der Waals surface area contributed by atoms with Gasteiger partial charge < -0.3 is 4.42 Å². The van der Waals surface area contributed by atoms with E-state index in [1.165, 1.54) is 32.9 Å². The number of aromatic nitrogens is 1. The number of hydrogen-bond acceptors (Lipinski definition) is 6. The van der Waals surface area contributed by atoms with E-state index in [0.29, 0.717) is 37.5 Å². The molecule has 2 aliphatic heterocycles. The van der Waals surface area contributed by atoms with Crippen LogP contribution in [0.5, 0.6) is 0 Å². The van der Waals surface area contributed by atoms with Crippen molar-refractivity contribution < 1.29 is 21.3 Å². The highest BCUT2D eigenvalue weighted by Crippen LogP contribution is 2.32. The summed E-state index contributed by atoms with van der Waals surface area (Å²) in [7, 11) is -7.34. The molecule has 170 valence electrons. The molecule has 0 spiro atoms. The van der Waals surface area contributed by atoms with Gasteiger partial charge in [0.2, 0.25) is 20.0 Å². The molecule has 3 aromatic rings. The van der Waals surface area contributed by atoms with E-state index in [1.807, 2.05) is 24.3 Å². The molecule has 8 nitrogen and oxygen atoms in total. The predicted octanol–water partition coefficient (Wildman–Crippen LogP) is 3.18. The third-order valence-electron chi connectivity index (χ3n) is 6.21. The molecule has 0 saturated carbocycles. The Morgan fingerprint density at radius 1 is 0.781 bits per heavy atom. The molecule has 2 fully saturated rings. The minimum atomic E-state index is -3.76. The van der Waals surface area contributed by atoms with E-state index < -0.39 is 20.0 Å². The first-order chi connectivity index (χ1) is 15.4. The van der Waals surface area contributed by atoms with Crippen molar-refractivity contribution in [2.24, 2.45) is 0 Å². The molecule has 1 atom stereocenters. The number of para-hydroxylation sites is 2. The number of oxazole rings is 1. The summed E-state index contributed by atoms with van der Waals surface area (Å²) >= 11 is 0. The van der Waals surface area contributed by atoms with Crippen LogP contribution < -0.4 is 0 Å². The second kappa shape index (κ2) is 8.26. The number of rotatable bonds is 5. The van der Waals surface area contributed by atoms with Gasteiger partial charge in [0.1, 0.15) is 5.52 Å². The fourth-order valence-corrected chi connectivity index (χ4v) is 7.48. The highest BCUT2D eigenvalue weighted by molar-refractivity contribution is 7.89. The summed E-state index contributed by atoms with van der Waals surface area (Å²) in [5.41, 5.74) is 1.45. The van der Waals surface area contributed by atoms with Gasteiger partial charge in [0.05, 0.1) is 9.79 Å². The predicted molar refractivity (Wildman–Crippen MR) is 119 cm³/mol. The average molecular weight is 476 g/mol. The standard InChI is InChI=1S/C22H25N3O5S2/c26-31(27,24-13-3-4-14-24)18-9-11-19(12-10-18)32(28,29)25-15-5-6-17(16-25)22-23-20-7-1-2-8-21(20)30-22/h1-2,7-12,17H,3-6,13-16H2. The summed E-state index contributed by atoms with van der Waals surface area (Å²) in [6.07, 6.45) is 3.19. The molecule has 2 saturated heterocycles. The fourth-order valence-electron chi connectivity index (χ4n) is 4.44. The second-order valence-corrected chi connectivity index (χ2v) is 12.2. The lowest BCUT2D eigenvalue weighted by molar-refractivity contribution is 0.288. The maximum Gasteiger partial charge on any atom is 0.243 e. The maximum absolute atomic E-state index is 13.3. The Labute approximate surface area is 187 Å². The van der Waals surface area contributed by atoms with E-state index in [1.54, 1.807) is 0 Å². The van der Waals surface area contributed by atoms with Crippen LogP contribution in [0.2, 0.25) is 0 Å². The topological polar surface area (TPSA) is 101 Å².